The van der Waals surface area contributed by atoms with Crippen molar-refractivity contribution in [2.45, 2.75) is 283 Å². The lowest BCUT2D eigenvalue weighted by molar-refractivity contribution is -0.870. The second-order valence-corrected chi connectivity index (χ2v) is 23.6. The van der Waals surface area contributed by atoms with E-state index in [-0.39, 0.29) is 24.9 Å². The summed E-state index contributed by atoms with van der Waals surface area (Å²) in [5.41, 5.74) is 0. The van der Waals surface area contributed by atoms with Gasteiger partial charge in [-0.1, -0.05) is 260 Å². The molecule has 0 radical (unpaired) electrons. The lowest BCUT2D eigenvalue weighted by Crippen LogP contribution is -2.47. The summed E-state index contributed by atoms with van der Waals surface area (Å²) in [5, 5.41) is 3.02. The number of nitrogens with zero attached hydrogens (tertiary/aromatic N) is 1. The van der Waals surface area contributed by atoms with Gasteiger partial charge in [-0.05, 0) is 83.1 Å². The predicted octanol–water partition coefficient (Wildman–Crippen LogP) is 18.8. The Hall–Kier alpha value is -2.81. The minimum Gasteiger partial charge on any atom is -0.756 e. The number of ether oxygens (including phenoxy) is 1. The van der Waals surface area contributed by atoms with Crippen molar-refractivity contribution in [3.63, 3.8) is 0 Å². The monoisotopic (exact) mass is 1080 g/mol. The molecule has 0 aromatic heterocycles. The maximum Gasteiger partial charge on any atom is 0.306 e. The number of likely N-dealkylation sites (N-methyl/N-ethyl adjacent to an activating group) is 1. The highest BCUT2D eigenvalue weighted by Crippen LogP contribution is 2.38. The SMILES string of the molecule is CC/C=C\C/C=C\C/C=C\C/C=C\C/C=C\C/C=C\CCCCCCCCC(=O)NC(COP(=O)([O-])OCC[N+](C)(C)C)C(/C=C\CCCCCCCCCCC)OC(=O)CCCCCCCCCCCCCCCC. The van der Waals surface area contributed by atoms with Crippen molar-refractivity contribution in [1.29, 1.82) is 0 Å². The Morgan fingerprint density at radius 1 is 0.474 bits per heavy atom. The summed E-state index contributed by atoms with van der Waals surface area (Å²) in [4.78, 5) is 39.9. The number of unbranched alkanes of at least 4 members (excludes halogenated alkanes) is 28. The van der Waals surface area contributed by atoms with Crippen molar-refractivity contribution in [3.05, 3.63) is 85.1 Å². The molecule has 9 nitrogen and oxygen atoms in total. The van der Waals surface area contributed by atoms with Crippen molar-refractivity contribution in [1.82, 2.24) is 5.32 Å². The summed E-state index contributed by atoms with van der Waals surface area (Å²) in [6.07, 6.45) is 72.6. The summed E-state index contributed by atoms with van der Waals surface area (Å²) in [5.74, 6) is -0.556. The zero-order valence-corrected chi connectivity index (χ0v) is 51.1. The van der Waals surface area contributed by atoms with Crippen LogP contribution in [0.15, 0.2) is 85.1 Å². The third kappa shape index (κ3) is 55.9. The first kappa shape index (κ1) is 73.2. The van der Waals surface area contributed by atoms with Gasteiger partial charge in [0.2, 0.25) is 5.91 Å². The molecule has 0 rings (SSSR count). The zero-order valence-electron chi connectivity index (χ0n) is 50.2. The fourth-order valence-corrected chi connectivity index (χ4v) is 9.48. The van der Waals surface area contributed by atoms with Crippen LogP contribution in [0.5, 0.6) is 0 Å². The Morgan fingerprint density at radius 3 is 1.26 bits per heavy atom. The smallest absolute Gasteiger partial charge is 0.306 e. The van der Waals surface area contributed by atoms with Crippen LogP contribution in [0.1, 0.15) is 271 Å². The van der Waals surface area contributed by atoms with Crippen molar-refractivity contribution in [3.8, 4) is 0 Å². The molecule has 0 aromatic rings. The maximum atomic E-state index is 13.5. The van der Waals surface area contributed by atoms with Gasteiger partial charge < -0.3 is 28.5 Å². The van der Waals surface area contributed by atoms with E-state index < -0.39 is 26.6 Å². The molecule has 76 heavy (non-hydrogen) atoms. The van der Waals surface area contributed by atoms with Crippen LogP contribution >= 0.6 is 7.82 Å². The molecule has 0 bridgehead atoms. The molecule has 0 aromatic carbocycles. The van der Waals surface area contributed by atoms with Crippen LogP contribution in [0.4, 0.5) is 0 Å². The van der Waals surface area contributed by atoms with Gasteiger partial charge in [-0.2, -0.15) is 0 Å². The number of hydrogen-bond acceptors (Lipinski definition) is 7. The van der Waals surface area contributed by atoms with E-state index >= 15 is 0 Å². The number of phosphoric acid groups is 1. The standard InChI is InChI=1S/C66H119N2O7P/c1-7-10-13-16-19-22-25-27-29-30-31-32-33-34-35-36-37-38-39-40-43-46-49-52-55-58-65(69)67-63(62-74-76(71,72)73-61-60-68(4,5)6)64(57-54-51-48-45-42-24-21-18-15-12-9-3)75-66(70)59-56-53-50-47-44-41-28-26-23-20-17-14-11-8-2/h10,13,19,22,27,29,31-32,34-35,37-38,54,57,63-64H,7-9,11-12,14-18,20-21,23-26,28,30,33,36,39-53,55-56,58-62H2,1-6H3,(H-,67,69,71,72)/b13-10-,22-19-,29-27-,32-31-,35-34-,38-37-,57-54-. The molecule has 0 heterocycles. The summed E-state index contributed by atoms with van der Waals surface area (Å²) >= 11 is 0. The van der Waals surface area contributed by atoms with Gasteiger partial charge >= 0.3 is 5.97 Å². The lowest BCUT2D eigenvalue weighted by Gasteiger charge is -2.30. The molecule has 3 unspecified atom stereocenters. The molecule has 1 amide bonds. The third-order valence-corrected chi connectivity index (χ3v) is 14.6. The van der Waals surface area contributed by atoms with E-state index in [0.717, 1.165) is 122 Å². The first-order valence-corrected chi connectivity index (χ1v) is 32.9. The fraction of sp³-hybridized carbons (Fsp3) is 0.758. The van der Waals surface area contributed by atoms with Crippen LogP contribution in [0, 0.1) is 0 Å². The Balaban J connectivity index is 5.17. The quantitative estimate of drug-likeness (QED) is 0.0212. The normalized spacial score (nSPS) is 14.2. The lowest BCUT2D eigenvalue weighted by atomic mass is 10.0. The third-order valence-electron chi connectivity index (χ3n) is 13.6. The number of carbonyl (C=O) groups excluding carboxylic acids is 2. The Morgan fingerprint density at radius 2 is 0.842 bits per heavy atom. The molecule has 0 aliphatic carbocycles. The number of allylic oxidation sites excluding steroid dienone is 13. The number of amides is 1. The van der Waals surface area contributed by atoms with Gasteiger partial charge in [-0.25, -0.2) is 0 Å². The minimum absolute atomic E-state index is 0.0277. The molecular weight excluding hydrogens is 964 g/mol. The molecule has 0 aliphatic rings. The number of rotatable bonds is 56. The van der Waals surface area contributed by atoms with Gasteiger partial charge in [0.1, 0.15) is 19.3 Å². The molecule has 1 N–H and O–H groups in total. The highest BCUT2D eigenvalue weighted by molar-refractivity contribution is 7.45. The van der Waals surface area contributed by atoms with Crippen LogP contribution in [0.25, 0.3) is 0 Å². The van der Waals surface area contributed by atoms with Crippen LogP contribution in [-0.4, -0.2) is 69.4 Å². The van der Waals surface area contributed by atoms with E-state index in [1.807, 2.05) is 33.3 Å². The number of phosphoric ester groups is 1. The molecule has 10 heteroatoms. The van der Waals surface area contributed by atoms with Gasteiger partial charge in [0.05, 0.1) is 33.8 Å². The Labute approximate surface area is 469 Å². The van der Waals surface area contributed by atoms with Gasteiger partial charge in [-0.3, -0.25) is 14.2 Å². The average molecular weight is 1080 g/mol. The second kappa shape index (κ2) is 55.5. The maximum absolute atomic E-state index is 13.5. The largest absolute Gasteiger partial charge is 0.756 e. The molecule has 440 valence electrons. The number of quaternary nitrogens is 1. The topological polar surface area (TPSA) is 114 Å². The van der Waals surface area contributed by atoms with Gasteiger partial charge in [0.15, 0.2) is 0 Å². The highest BCUT2D eigenvalue weighted by atomic mass is 31.2. The molecule has 0 aliphatic heterocycles. The van der Waals surface area contributed by atoms with E-state index in [4.69, 9.17) is 13.8 Å². The van der Waals surface area contributed by atoms with Gasteiger partial charge in [0, 0.05) is 12.8 Å². The van der Waals surface area contributed by atoms with Crippen molar-refractivity contribution in [2.75, 3.05) is 40.9 Å². The number of esters is 1. The summed E-state index contributed by atoms with van der Waals surface area (Å²) in [7, 11) is 1.17. The van der Waals surface area contributed by atoms with E-state index in [0.29, 0.717) is 17.4 Å². The number of nitrogens with one attached hydrogen (secondary N) is 1. The summed E-state index contributed by atoms with van der Waals surface area (Å²) in [6, 6.07) is -0.898. The molecule has 3 atom stereocenters. The van der Waals surface area contributed by atoms with Crippen LogP contribution in [0.3, 0.4) is 0 Å². The molecule has 0 spiro atoms. The molecule has 0 fully saturated rings. The Kier molecular flexibility index (Phi) is 53.5. The summed E-state index contributed by atoms with van der Waals surface area (Å²) < 4.78 is 30.3. The fourth-order valence-electron chi connectivity index (χ4n) is 8.76. The Bertz CT molecular complexity index is 1580. The van der Waals surface area contributed by atoms with Gasteiger partial charge in [0.25, 0.3) is 7.82 Å². The number of carbonyl (C=O) groups is 2. The average Bonchev–Trinajstić information content (AvgIpc) is 3.38. The highest BCUT2D eigenvalue weighted by Gasteiger charge is 2.27. The van der Waals surface area contributed by atoms with E-state index in [1.54, 1.807) is 0 Å². The predicted molar refractivity (Wildman–Crippen MR) is 325 cm³/mol. The van der Waals surface area contributed by atoms with E-state index in [9.17, 15) is 19.0 Å². The van der Waals surface area contributed by atoms with Crippen molar-refractivity contribution in [2.24, 2.45) is 0 Å². The molecule has 0 saturated carbocycles. The molecule has 0 saturated heterocycles. The van der Waals surface area contributed by atoms with Crippen molar-refractivity contribution < 1.29 is 37.3 Å². The van der Waals surface area contributed by atoms with Crippen LogP contribution in [0.2, 0.25) is 0 Å². The van der Waals surface area contributed by atoms with Gasteiger partial charge in [-0.15, -0.1) is 0 Å². The molecular formula is C66H119N2O7P. The van der Waals surface area contributed by atoms with Crippen LogP contribution < -0.4 is 10.2 Å². The minimum atomic E-state index is -4.70. The first-order chi connectivity index (χ1) is 36.9. The van der Waals surface area contributed by atoms with E-state index in [1.165, 1.54) is 116 Å². The van der Waals surface area contributed by atoms with Crippen molar-refractivity contribution >= 4 is 19.7 Å². The zero-order chi connectivity index (χ0) is 55.7. The number of hydrogen-bond donors (Lipinski definition) is 1. The second-order valence-electron chi connectivity index (χ2n) is 22.2. The van der Waals surface area contributed by atoms with E-state index in [2.05, 4.69) is 99.0 Å². The van der Waals surface area contributed by atoms with Crippen LogP contribution in [-0.2, 0) is 27.9 Å². The summed E-state index contributed by atoms with van der Waals surface area (Å²) in [6.45, 7) is 6.72. The first-order valence-electron chi connectivity index (χ1n) is 31.4.